The molecule has 21 heavy (non-hydrogen) atoms. The third kappa shape index (κ3) is 2.62. The van der Waals surface area contributed by atoms with E-state index in [1.165, 1.54) is 12.1 Å². The Bertz CT molecular complexity index is 669. The van der Waals surface area contributed by atoms with Crippen LogP contribution in [0, 0.1) is 10.1 Å². The Morgan fingerprint density at radius 2 is 2.29 bits per heavy atom. The van der Waals surface area contributed by atoms with Gasteiger partial charge in [0.15, 0.2) is 5.82 Å². The molecular weight excluding hydrogens is 274 g/mol. The molecule has 2 aromatic rings. The smallest absolute Gasteiger partial charge is 0.276 e. The molecule has 9 nitrogen and oxygen atoms in total. The Morgan fingerprint density at radius 3 is 3.05 bits per heavy atom. The van der Waals surface area contributed by atoms with Crippen molar-refractivity contribution in [1.82, 2.24) is 19.7 Å². The fourth-order valence-electron chi connectivity index (χ4n) is 2.30. The molecule has 0 bridgehead atoms. The van der Waals surface area contributed by atoms with E-state index in [2.05, 4.69) is 20.5 Å². The fourth-order valence-corrected chi connectivity index (χ4v) is 2.30. The molecule has 0 unspecified atom stereocenters. The normalized spacial score (nSPS) is 13.9. The molecule has 0 aliphatic carbocycles. The summed E-state index contributed by atoms with van der Waals surface area (Å²) in [6.45, 7) is 4.57. The summed E-state index contributed by atoms with van der Waals surface area (Å²) in [4.78, 5) is 17.1. The first kappa shape index (κ1) is 13.3. The molecule has 1 aliphatic heterocycles. The number of nitrogens with one attached hydrogen (secondary N) is 1. The summed E-state index contributed by atoms with van der Waals surface area (Å²) in [7, 11) is 0. The van der Waals surface area contributed by atoms with Gasteiger partial charge in [-0.2, -0.15) is 0 Å². The first-order valence-electron chi connectivity index (χ1n) is 6.69. The highest BCUT2D eigenvalue weighted by atomic mass is 16.6. The van der Waals surface area contributed by atoms with Crippen molar-refractivity contribution in [2.24, 2.45) is 0 Å². The van der Waals surface area contributed by atoms with Gasteiger partial charge in [-0.05, 0) is 6.92 Å². The number of nitrogens with zero attached hydrogens (tertiary/aromatic N) is 6. The summed E-state index contributed by atoms with van der Waals surface area (Å²) in [6.07, 6.45) is 1.69. The molecule has 110 valence electrons. The molecule has 3 heterocycles. The van der Waals surface area contributed by atoms with Gasteiger partial charge < -0.3 is 14.8 Å². The highest BCUT2D eigenvalue weighted by Crippen LogP contribution is 2.25. The van der Waals surface area contributed by atoms with E-state index in [0.717, 1.165) is 12.4 Å². The van der Waals surface area contributed by atoms with Crippen LogP contribution < -0.4 is 10.2 Å². The van der Waals surface area contributed by atoms with Crippen LogP contribution >= 0.6 is 0 Å². The standard InChI is InChI=1S/C12H15N7O2/c1-2-13-10-5-9(19(20)21)6-11(15-10)17-3-4-18-8-14-16-12(18)7-17/h5-6,8H,2-4,7H2,1H3,(H,13,15). The van der Waals surface area contributed by atoms with Crippen molar-refractivity contribution in [1.29, 1.82) is 0 Å². The van der Waals surface area contributed by atoms with E-state index >= 15 is 0 Å². The molecule has 1 aliphatic rings. The second-order valence-electron chi connectivity index (χ2n) is 4.72. The topological polar surface area (TPSA) is 102 Å². The fraction of sp³-hybridized carbons (Fsp3) is 0.417. The average molecular weight is 289 g/mol. The maximum Gasteiger partial charge on any atom is 0.276 e. The maximum absolute atomic E-state index is 11.1. The van der Waals surface area contributed by atoms with Gasteiger partial charge in [0.2, 0.25) is 0 Å². The molecule has 0 fully saturated rings. The van der Waals surface area contributed by atoms with Crippen molar-refractivity contribution in [2.75, 3.05) is 23.3 Å². The Balaban J connectivity index is 1.92. The lowest BCUT2D eigenvalue weighted by atomic mass is 10.3. The van der Waals surface area contributed by atoms with Crippen LogP contribution in [0.1, 0.15) is 12.7 Å². The molecule has 9 heteroatoms. The minimum atomic E-state index is -0.404. The molecule has 0 aromatic carbocycles. The summed E-state index contributed by atoms with van der Waals surface area (Å²) in [6, 6.07) is 2.94. The SMILES string of the molecule is CCNc1cc([N+](=O)[O-])cc(N2CCn3cnnc3C2)n1. The summed E-state index contributed by atoms with van der Waals surface area (Å²) < 4.78 is 1.97. The van der Waals surface area contributed by atoms with Crippen molar-refractivity contribution < 1.29 is 4.92 Å². The molecule has 0 saturated carbocycles. The molecule has 0 saturated heterocycles. The summed E-state index contributed by atoms with van der Waals surface area (Å²) in [5.41, 5.74) is 0.0305. The van der Waals surface area contributed by atoms with Crippen molar-refractivity contribution in [3.8, 4) is 0 Å². The number of aromatic nitrogens is 4. The Kier molecular flexibility index (Phi) is 3.38. The van der Waals surface area contributed by atoms with Crippen molar-refractivity contribution in [3.63, 3.8) is 0 Å². The van der Waals surface area contributed by atoms with Gasteiger partial charge in [-0.3, -0.25) is 10.1 Å². The predicted molar refractivity (Wildman–Crippen MR) is 76.1 cm³/mol. The van der Waals surface area contributed by atoms with Crippen LogP contribution in [0.15, 0.2) is 18.5 Å². The van der Waals surface area contributed by atoms with E-state index in [4.69, 9.17) is 0 Å². The Hall–Kier alpha value is -2.71. The van der Waals surface area contributed by atoms with Crippen LogP contribution in [0.4, 0.5) is 17.3 Å². The molecule has 1 N–H and O–H groups in total. The average Bonchev–Trinajstić information content (AvgIpc) is 2.94. The van der Waals surface area contributed by atoms with Gasteiger partial charge in [0.05, 0.1) is 23.6 Å². The zero-order valence-electron chi connectivity index (χ0n) is 11.6. The largest absolute Gasteiger partial charge is 0.370 e. The summed E-state index contributed by atoms with van der Waals surface area (Å²) in [5.74, 6) is 1.92. The highest BCUT2D eigenvalue weighted by Gasteiger charge is 2.21. The van der Waals surface area contributed by atoms with Gasteiger partial charge >= 0.3 is 0 Å². The van der Waals surface area contributed by atoms with Crippen LogP contribution in [0.2, 0.25) is 0 Å². The van der Waals surface area contributed by atoms with Crippen molar-refractivity contribution in [3.05, 3.63) is 34.4 Å². The van der Waals surface area contributed by atoms with E-state index < -0.39 is 4.92 Å². The highest BCUT2D eigenvalue weighted by molar-refractivity contribution is 5.56. The third-order valence-electron chi connectivity index (χ3n) is 3.33. The molecular formula is C12H15N7O2. The predicted octanol–water partition coefficient (Wildman–Crippen LogP) is 1.03. The zero-order chi connectivity index (χ0) is 14.8. The molecule has 0 radical (unpaired) electrons. The monoisotopic (exact) mass is 289 g/mol. The second kappa shape index (κ2) is 5.35. The first-order valence-corrected chi connectivity index (χ1v) is 6.69. The summed E-state index contributed by atoms with van der Waals surface area (Å²) >= 11 is 0. The lowest BCUT2D eigenvalue weighted by Crippen LogP contribution is -2.34. The Morgan fingerprint density at radius 1 is 1.43 bits per heavy atom. The van der Waals surface area contributed by atoms with E-state index in [9.17, 15) is 10.1 Å². The zero-order valence-corrected chi connectivity index (χ0v) is 11.6. The van der Waals surface area contributed by atoms with E-state index in [-0.39, 0.29) is 5.69 Å². The summed E-state index contributed by atoms with van der Waals surface area (Å²) in [5, 5.41) is 22.0. The first-order chi connectivity index (χ1) is 10.2. The minimum Gasteiger partial charge on any atom is -0.370 e. The Labute approximate surface area is 120 Å². The van der Waals surface area contributed by atoms with Gasteiger partial charge in [0.25, 0.3) is 5.69 Å². The lowest BCUT2D eigenvalue weighted by Gasteiger charge is -2.28. The lowest BCUT2D eigenvalue weighted by molar-refractivity contribution is -0.384. The molecule has 0 amide bonds. The molecule has 3 rings (SSSR count). The van der Waals surface area contributed by atoms with E-state index in [1.807, 2.05) is 16.4 Å². The van der Waals surface area contributed by atoms with Gasteiger partial charge in [0.1, 0.15) is 18.0 Å². The number of pyridine rings is 1. The third-order valence-corrected chi connectivity index (χ3v) is 3.33. The number of hydrogen-bond acceptors (Lipinski definition) is 7. The molecule has 2 aromatic heterocycles. The van der Waals surface area contributed by atoms with Gasteiger partial charge in [-0.1, -0.05) is 0 Å². The number of fused-ring (bicyclic) bond motifs is 1. The van der Waals surface area contributed by atoms with E-state index in [1.54, 1.807) is 6.33 Å². The minimum absolute atomic E-state index is 0.0305. The van der Waals surface area contributed by atoms with Gasteiger partial charge in [0, 0.05) is 19.6 Å². The maximum atomic E-state index is 11.1. The quantitative estimate of drug-likeness (QED) is 0.662. The number of anilines is 2. The van der Waals surface area contributed by atoms with Crippen molar-refractivity contribution >= 4 is 17.3 Å². The number of rotatable bonds is 4. The van der Waals surface area contributed by atoms with Gasteiger partial charge in [-0.15, -0.1) is 10.2 Å². The van der Waals surface area contributed by atoms with Crippen LogP contribution in [0.3, 0.4) is 0 Å². The van der Waals surface area contributed by atoms with Crippen LogP contribution in [0.25, 0.3) is 0 Å². The number of nitro groups is 1. The molecule has 0 spiro atoms. The van der Waals surface area contributed by atoms with Gasteiger partial charge in [-0.25, -0.2) is 4.98 Å². The van der Waals surface area contributed by atoms with E-state index in [0.29, 0.717) is 31.3 Å². The second-order valence-corrected chi connectivity index (χ2v) is 4.72. The van der Waals surface area contributed by atoms with Crippen molar-refractivity contribution in [2.45, 2.75) is 20.0 Å². The number of hydrogen-bond donors (Lipinski definition) is 1. The van der Waals surface area contributed by atoms with Crippen LogP contribution in [-0.2, 0) is 13.1 Å². The van der Waals surface area contributed by atoms with Crippen LogP contribution in [-0.4, -0.2) is 37.8 Å². The molecule has 0 atom stereocenters. The van der Waals surface area contributed by atoms with Crippen LogP contribution in [0.5, 0.6) is 0 Å².